The first-order valence-electron chi connectivity index (χ1n) is 7.22. The molecule has 114 valence electrons. The number of benzene rings is 1. The molecule has 0 bridgehead atoms. The lowest BCUT2D eigenvalue weighted by atomic mass is 10.2. The van der Waals surface area contributed by atoms with Gasteiger partial charge in [0.1, 0.15) is 0 Å². The van der Waals surface area contributed by atoms with Gasteiger partial charge in [0.05, 0.1) is 18.2 Å². The number of hydrogen-bond donors (Lipinski definition) is 1. The number of rotatable bonds is 9. The van der Waals surface area contributed by atoms with E-state index in [4.69, 9.17) is 10.00 Å². The number of nitrogens with one attached hydrogen (secondary N) is 1. The summed E-state index contributed by atoms with van der Waals surface area (Å²) in [6.45, 7) is 5.17. The molecule has 0 aliphatic rings. The van der Waals surface area contributed by atoms with Gasteiger partial charge in [0.2, 0.25) is 5.91 Å². The molecule has 0 aliphatic heterocycles. The Balaban J connectivity index is 2.23. The molecule has 1 aromatic carbocycles. The Morgan fingerprint density at radius 1 is 1.43 bits per heavy atom. The average molecular weight is 289 g/mol. The van der Waals surface area contributed by atoms with Gasteiger partial charge in [-0.15, -0.1) is 0 Å². The zero-order chi connectivity index (χ0) is 15.5. The fourth-order valence-corrected chi connectivity index (χ4v) is 1.88. The lowest BCUT2D eigenvalue weighted by molar-refractivity contribution is -0.116. The molecule has 0 saturated heterocycles. The summed E-state index contributed by atoms with van der Waals surface area (Å²) >= 11 is 0. The van der Waals surface area contributed by atoms with Gasteiger partial charge in [-0.05, 0) is 45.1 Å². The van der Waals surface area contributed by atoms with Gasteiger partial charge in [0.25, 0.3) is 0 Å². The van der Waals surface area contributed by atoms with Gasteiger partial charge in [-0.3, -0.25) is 4.79 Å². The second kappa shape index (κ2) is 9.92. The molecule has 0 unspecified atom stereocenters. The van der Waals surface area contributed by atoms with Crippen LogP contribution in [0.1, 0.15) is 25.3 Å². The van der Waals surface area contributed by atoms with Gasteiger partial charge in [0, 0.05) is 25.3 Å². The highest BCUT2D eigenvalue weighted by Gasteiger charge is 2.04. The summed E-state index contributed by atoms with van der Waals surface area (Å²) < 4.78 is 5.29. The van der Waals surface area contributed by atoms with Gasteiger partial charge >= 0.3 is 0 Å². The predicted octanol–water partition coefficient (Wildman–Crippen LogP) is 2.25. The summed E-state index contributed by atoms with van der Waals surface area (Å²) in [5.41, 5.74) is 1.22. The number of likely N-dealkylation sites (N-methyl/N-ethyl adjacent to an activating group) is 1. The minimum Gasteiger partial charge on any atom is -0.380 e. The van der Waals surface area contributed by atoms with E-state index in [1.807, 2.05) is 14.0 Å². The quantitative estimate of drug-likeness (QED) is 0.708. The molecule has 0 spiro atoms. The molecule has 0 heterocycles. The molecule has 1 rings (SSSR count). The lowest BCUT2D eigenvalue weighted by Crippen LogP contribution is -2.25. The van der Waals surface area contributed by atoms with Crippen LogP contribution in [0.2, 0.25) is 0 Å². The van der Waals surface area contributed by atoms with E-state index in [0.717, 1.165) is 32.7 Å². The van der Waals surface area contributed by atoms with Crippen LogP contribution >= 0.6 is 0 Å². The Hall–Kier alpha value is -1.90. The van der Waals surface area contributed by atoms with Crippen LogP contribution in [0.3, 0.4) is 0 Å². The highest BCUT2D eigenvalue weighted by molar-refractivity contribution is 5.90. The summed E-state index contributed by atoms with van der Waals surface area (Å²) in [5.74, 6) is -0.0247. The van der Waals surface area contributed by atoms with Crippen LogP contribution in [-0.2, 0) is 9.53 Å². The third kappa shape index (κ3) is 7.45. The van der Waals surface area contributed by atoms with Gasteiger partial charge in [-0.25, -0.2) is 0 Å². The number of carbonyl (C=O) groups is 1. The molecule has 0 fully saturated rings. The van der Waals surface area contributed by atoms with E-state index >= 15 is 0 Å². The Kier molecular flexibility index (Phi) is 8.10. The molecular formula is C16H23N3O2. The number of nitriles is 1. The van der Waals surface area contributed by atoms with Crippen molar-refractivity contribution in [1.82, 2.24) is 4.90 Å². The Morgan fingerprint density at radius 3 is 2.95 bits per heavy atom. The molecule has 5 heteroatoms. The van der Waals surface area contributed by atoms with E-state index in [-0.39, 0.29) is 5.91 Å². The summed E-state index contributed by atoms with van der Waals surface area (Å²) in [4.78, 5) is 14.0. The molecule has 0 atom stereocenters. The zero-order valence-electron chi connectivity index (χ0n) is 12.8. The van der Waals surface area contributed by atoms with Crippen molar-refractivity contribution in [3.8, 4) is 6.07 Å². The molecule has 0 aromatic heterocycles. The molecule has 1 N–H and O–H groups in total. The Morgan fingerprint density at radius 2 is 2.24 bits per heavy atom. The molecule has 1 aromatic rings. The van der Waals surface area contributed by atoms with E-state index in [2.05, 4.69) is 16.3 Å². The summed E-state index contributed by atoms with van der Waals surface area (Å²) in [6.07, 6.45) is 1.27. The van der Waals surface area contributed by atoms with Crippen LogP contribution in [0, 0.1) is 11.3 Å². The molecule has 0 saturated carbocycles. The third-order valence-electron chi connectivity index (χ3n) is 3.04. The molecule has 0 aliphatic carbocycles. The largest absolute Gasteiger partial charge is 0.380 e. The van der Waals surface area contributed by atoms with E-state index in [1.54, 1.807) is 24.3 Å². The van der Waals surface area contributed by atoms with Gasteiger partial charge in [0.15, 0.2) is 0 Å². The van der Waals surface area contributed by atoms with Crippen LogP contribution < -0.4 is 5.32 Å². The first-order valence-corrected chi connectivity index (χ1v) is 7.22. The van der Waals surface area contributed by atoms with E-state index in [0.29, 0.717) is 17.7 Å². The highest BCUT2D eigenvalue weighted by atomic mass is 16.5. The maximum absolute atomic E-state index is 11.8. The Bertz CT molecular complexity index is 483. The van der Waals surface area contributed by atoms with E-state index in [9.17, 15) is 4.79 Å². The fraction of sp³-hybridized carbons (Fsp3) is 0.500. The standard InChI is InChI=1S/C16H23N3O2/c1-3-21-11-10-19(2)9-5-8-16(20)18-15-7-4-6-14(12-15)13-17/h4,6-7,12H,3,5,8-11H2,1-2H3,(H,18,20). The molecule has 21 heavy (non-hydrogen) atoms. The van der Waals surface area contributed by atoms with Crippen molar-refractivity contribution in [3.63, 3.8) is 0 Å². The maximum Gasteiger partial charge on any atom is 0.224 e. The molecule has 5 nitrogen and oxygen atoms in total. The van der Waals surface area contributed by atoms with Gasteiger partial charge in [-0.1, -0.05) is 6.07 Å². The van der Waals surface area contributed by atoms with Crippen molar-refractivity contribution in [2.24, 2.45) is 0 Å². The SMILES string of the molecule is CCOCCN(C)CCCC(=O)Nc1cccc(C#N)c1. The minimum atomic E-state index is -0.0247. The number of carbonyl (C=O) groups excluding carboxylic acids is 1. The van der Waals surface area contributed by atoms with Crippen molar-refractivity contribution in [2.45, 2.75) is 19.8 Å². The molecular weight excluding hydrogens is 266 g/mol. The number of nitrogens with zero attached hydrogens (tertiary/aromatic N) is 2. The van der Waals surface area contributed by atoms with Gasteiger partial charge in [-0.2, -0.15) is 5.26 Å². The van der Waals surface area contributed by atoms with E-state index < -0.39 is 0 Å². The first-order chi connectivity index (χ1) is 10.2. The monoisotopic (exact) mass is 289 g/mol. The van der Waals surface area contributed by atoms with Crippen LogP contribution in [0.25, 0.3) is 0 Å². The van der Waals surface area contributed by atoms with Crippen molar-refractivity contribution in [3.05, 3.63) is 29.8 Å². The van der Waals surface area contributed by atoms with Crippen molar-refractivity contribution >= 4 is 11.6 Å². The van der Waals surface area contributed by atoms with Gasteiger partial charge < -0.3 is 15.0 Å². The topological polar surface area (TPSA) is 65.4 Å². The number of amides is 1. The number of ether oxygens (including phenoxy) is 1. The summed E-state index contributed by atoms with van der Waals surface area (Å²) in [6, 6.07) is 8.98. The summed E-state index contributed by atoms with van der Waals surface area (Å²) in [7, 11) is 2.02. The second-order valence-electron chi connectivity index (χ2n) is 4.84. The first kappa shape index (κ1) is 17.2. The Labute approximate surface area is 126 Å². The normalized spacial score (nSPS) is 10.4. The van der Waals surface area contributed by atoms with E-state index in [1.165, 1.54) is 0 Å². The molecule has 1 amide bonds. The fourth-order valence-electron chi connectivity index (χ4n) is 1.88. The minimum absolute atomic E-state index is 0.0247. The zero-order valence-corrected chi connectivity index (χ0v) is 12.8. The molecule has 0 radical (unpaired) electrons. The summed E-state index contributed by atoms with van der Waals surface area (Å²) in [5, 5.41) is 11.6. The van der Waals surface area contributed by atoms with Crippen LogP contribution in [0.5, 0.6) is 0 Å². The highest BCUT2D eigenvalue weighted by Crippen LogP contribution is 2.10. The van der Waals surface area contributed by atoms with Crippen molar-refractivity contribution in [2.75, 3.05) is 38.7 Å². The lowest BCUT2D eigenvalue weighted by Gasteiger charge is -2.16. The predicted molar refractivity (Wildman–Crippen MR) is 83.0 cm³/mol. The van der Waals surface area contributed by atoms with Crippen molar-refractivity contribution in [1.29, 1.82) is 5.26 Å². The van der Waals surface area contributed by atoms with Crippen LogP contribution in [-0.4, -0.2) is 44.2 Å². The number of hydrogen-bond acceptors (Lipinski definition) is 4. The average Bonchev–Trinajstić information content (AvgIpc) is 2.47. The number of anilines is 1. The van der Waals surface area contributed by atoms with Crippen LogP contribution in [0.15, 0.2) is 24.3 Å². The third-order valence-corrected chi connectivity index (χ3v) is 3.04. The smallest absolute Gasteiger partial charge is 0.224 e. The second-order valence-corrected chi connectivity index (χ2v) is 4.84. The van der Waals surface area contributed by atoms with Crippen LogP contribution in [0.4, 0.5) is 5.69 Å². The van der Waals surface area contributed by atoms with Crippen molar-refractivity contribution < 1.29 is 9.53 Å². The maximum atomic E-state index is 11.8.